The summed E-state index contributed by atoms with van der Waals surface area (Å²) in [5, 5.41) is 19.7. The van der Waals surface area contributed by atoms with Gasteiger partial charge in [0.25, 0.3) is 5.91 Å². The molecule has 1 atom stereocenters. The molecule has 0 aliphatic carbocycles. The van der Waals surface area contributed by atoms with Crippen LogP contribution in [0.15, 0.2) is 54.6 Å². The van der Waals surface area contributed by atoms with E-state index in [9.17, 15) is 9.90 Å². The molecule has 25 heavy (non-hydrogen) atoms. The van der Waals surface area contributed by atoms with Crippen LogP contribution < -0.4 is 5.32 Å². The molecule has 0 radical (unpaired) electrons. The van der Waals surface area contributed by atoms with Gasteiger partial charge < -0.3 is 10.4 Å². The number of hydrogen-bond donors (Lipinski definition) is 3. The van der Waals surface area contributed by atoms with Crippen molar-refractivity contribution in [3.05, 3.63) is 71.5 Å². The highest BCUT2D eigenvalue weighted by Gasteiger charge is 2.12. The first kappa shape index (κ1) is 16.9. The Morgan fingerprint density at radius 3 is 2.72 bits per heavy atom. The standard InChI is InChI=1S/C19H20N4O2/c1-13-21-18(23-22-13)15-8-5-9-16(11-15)19(25)20-12-17(24)10-14-6-3-2-4-7-14/h2-9,11,17,24H,10,12H2,1H3,(H,20,25)(H,21,22,23). The summed E-state index contributed by atoms with van der Waals surface area (Å²) in [6, 6.07) is 16.8. The minimum atomic E-state index is -0.634. The lowest BCUT2D eigenvalue weighted by atomic mass is 10.1. The second-order valence-corrected chi connectivity index (χ2v) is 5.88. The van der Waals surface area contributed by atoms with Gasteiger partial charge in [0, 0.05) is 24.1 Å². The predicted octanol–water partition coefficient (Wildman–Crippen LogP) is 2.11. The lowest BCUT2D eigenvalue weighted by Crippen LogP contribution is -2.33. The lowest BCUT2D eigenvalue weighted by Gasteiger charge is -2.12. The zero-order chi connectivity index (χ0) is 17.6. The first-order valence-electron chi connectivity index (χ1n) is 8.11. The van der Waals surface area contributed by atoms with Gasteiger partial charge in [0.15, 0.2) is 5.82 Å². The molecule has 0 aliphatic heterocycles. The van der Waals surface area contributed by atoms with Gasteiger partial charge in [-0.05, 0) is 24.6 Å². The number of aliphatic hydroxyl groups excluding tert-OH is 1. The Balaban J connectivity index is 1.60. The number of nitrogens with zero attached hydrogens (tertiary/aromatic N) is 2. The number of aromatic amines is 1. The van der Waals surface area contributed by atoms with E-state index in [1.165, 1.54) is 0 Å². The normalized spacial score (nSPS) is 11.9. The fourth-order valence-electron chi connectivity index (χ4n) is 2.54. The van der Waals surface area contributed by atoms with E-state index in [1.54, 1.807) is 18.2 Å². The van der Waals surface area contributed by atoms with Crippen LogP contribution in [0.1, 0.15) is 21.7 Å². The van der Waals surface area contributed by atoms with Gasteiger partial charge in [-0.25, -0.2) is 4.98 Å². The van der Waals surface area contributed by atoms with Crippen molar-refractivity contribution in [1.82, 2.24) is 20.5 Å². The van der Waals surface area contributed by atoms with Gasteiger partial charge in [0.1, 0.15) is 5.82 Å². The molecule has 0 saturated carbocycles. The number of aryl methyl sites for hydroxylation is 1. The zero-order valence-corrected chi connectivity index (χ0v) is 13.9. The number of aliphatic hydroxyl groups is 1. The molecular weight excluding hydrogens is 316 g/mol. The van der Waals surface area contributed by atoms with Crippen LogP contribution in [0.5, 0.6) is 0 Å². The molecule has 0 spiro atoms. The van der Waals surface area contributed by atoms with E-state index in [0.29, 0.717) is 23.6 Å². The van der Waals surface area contributed by atoms with Crippen LogP contribution in [-0.2, 0) is 6.42 Å². The van der Waals surface area contributed by atoms with Gasteiger partial charge >= 0.3 is 0 Å². The fraction of sp³-hybridized carbons (Fsp3) is 0.211. The molecule has 3 aromatic rings. The third-order valence-corrected chi connectivity index (χ3v) is 3.79. The predicted molar refractivity (Wildman–Crippen MR) is 95.0 cm³/mol. The van der Waals surface area contributed by atoms with Crippen LogP contribution in [0.2, 0.25) is 0 Å². The Morgan fingerprint density at radius 1 is 1.20 bits per heavy atom. The van der Waals surface area contributed by atoms with Gasteiger partial charge in [-0.3, -0.25) is 9.89 Å². The van der Waals surface area contributed by atoms with Crippen LogP contribution >= 0.6 is 0 Å². The third-order valence-electron chi connectivity index (χ3n) is 3.79. The number of benzene rings is 2. The Bertz CT molecular complexity index is 845. The Labute approximate surface area is 145 Å². The minimum Gasteiger partial charge on any atom is -0.391 e. The van der Waals surface area contributed by atoms with Crippen molar-refractivity contribution < 1.29 is 9.90 Å². The van der Waals surface area contributed by atoms with Gasteiger partial charge in [-0.1, -0.05) is 42.5 Å². The highest BCUT2D eigenvalue weighted by molar-refractivity contribution is 5.95. The van der Waals surface area contributed by atoms with Crippen molar-refractivity contribution in [2.45, 2.75) is 19.4 Å². The van der Waals surface area contributed by atoms with E-state index in [-0.39, 0.29) is 12.5 Å². The van der Waals surface area contributed by atoms with E-state index in [0.717, 1.165) is 11.1 Å². The smallest absolute Gasteiger partial charge is 0.251 e. The lowest BCUT2D eigenvalue weighted by molar-refractivity contribution is 0.0916. The molecule has 0 fully saturated rings. The number of nitrogens with one attached hydrogen (secondary N) is 2. The maximum Gasteiger partial charge on any atom is 0.251 e. The molecule has 1 amide bonds. The van der Waals surface area contributed by atoms with Crippen molar-refractivity contribution in [3.63, 3.8) is 0 Å². The SMILES string of the molecule is Cc1nc(-c2cccc(C(=O)NCC(O)Cc3ccccc3)c2)n[nH]1. The molecule has 128 valence electrons. The molecule has 0 saturated heterocycles. The number of rotatable bonds is 6. The summed E-state index contributed by atoms with van der Waals surface area (Å²) in [5.41, 5.74) is 2.31. The summed E-state index contributed by atoms with van der Waals surface area (Å²) >= 11 is 0. The van der Waals surface area contributed by atoms with Crippen LogP contribution in [0.3, 0.4) is 0 Å². The van der Waals surface area contributed by atoms with Crippen LogP contribution in [0.4, 0.5) is 0 Å². The molecule has 2 aromatic carbocycles. The van der Waals surface area contributed by atoms with E-state index in [4.69, 9.17) is 0 Å². The Morgan fingerprint density at radius 2 is 2.00 bits per heavy atom. The number of aromatic nitrogens is 3. The molecule has 1 unspecified atom stereocenters. The van der Waals surface area contributed by atoms with Crippen molar-refractivity contribution in [3.8, 4) is 11.4 Å². The number of carbonyl (C=O) groups excluding carboxylic acids is 1. The number of H-pyrrole nitrogens is 1. The second-order valence-electron chi connectivity index (χ2n) is 5.88. The largest absolute Gasteiger partial charge is 0.391 e. The maximum atomic E-state index is 12.3. The highest BCUT2D eigenvalue weighted by atomic mass is 16.3. The second kappa shape index (κ2) is 7.72. The Hall–Kier alpha value is -2.99. The summed E-state index contributed by atoms with van der Waals surface area (Å²) in [5.74, 6) is 1.03. The van der Waals surface area contributed by atoms with Gasteiger partial charge in [-0.2, -0.15) is 5.10 Å². The highest BCUT2D eigenvalue weighted by Crippen LogP contribution is 2.16. The Kier molecular flexibility index (Phi) is 5.20. The number of hydrogen-bond acceptors (Lipinski definition) is 4. The summed E-state index contributed by atoms with van der Waals surface area (Å²) in [7, 11) is 0. The van der Waals surface area contributed by atoms with Gasteiger partial charge in [0.2, 0.25) is 0 Å². The average molecular weight is 336 g/mol. The third kappa shape index (κ3) is 4.51. The molecule has 0 aliphatic rings. The summed E-state index contributed by atoms with van der Waals surface area (Å²) in [6.45, 7) is 2.01. The summed E-state index contributed by atoms with van der Waals surface area (Å²) in [6.07, 6.45) is -0.136. The van der Waals surface area contributed by atoms with Crippen LogP contribution in [0, 0.1) is 6.92 Å². The van der Waals surface area contributed by atoms with E-state index >= 15 is 0 Å². The fourth-order valence-corrected chi connectivity index (χ4v) is 2.54. The molecule has 0 bridgehead atoms. The van der Waals surface area contributed by atoms with E-state index in [2.05, 4.69) is 20.5 Å². The van der Waals surface area contributed by atoms with Crippen LogP contribution in [-0.4, -0.2) is 38.8 Å². The average Bonchev–Trinajstić information content (AvgIpc) is 3.07. The van der Waals surface area contributed by atoms with Crippen molar-refractivity contribution in [2.75, 3.05) is 6.54 Å². The van der Waals surface area contributed by atoms with E-state index in [1.807, 2.05) is 43.3 Å². The van der Waals surface area contributed by atoms with Crippen LogP contribution in [0.25, 0.3) is 11.4 Å². The summed E-state index contributed by atoms with van der Waals surface area (Å²) in [4.78, 5) is 16.6. The van der Waals surface area contributed by atoms with Gasteiger partial charge in [0.05, 0.1) is 6.10 Å². The first-order valence-corrected chi connectivity index (χ1v) is 8.11. The van der Waals surface area contributed by atoms with Crippen molar-refractivity contribution in [1.29, 1.82) is 0 Å². The molecule has 6 nitrogen and oxygen atoms in total. The van der Waals surface area contributed by atoms with Gasteiger partial charge in [-0.15, -0.1) is 0 Å². The molecular formula is C19H20N4O2. The molecule has 3 N–H and O–H groups in total. The summed E-state index contributed by atoms with van der Waals surface area (Å²) < 4.78 is 0. The van der Waals surface area contributed by atoms with Crippen molar-refractivity contribution in [2.24, 2.45) is 0 Å². The minimum absolute atomic E-state index is 0.192. The maximum absolute atomic E-state index is 12.3. The zero-order valence-electron chi connectivity index (χ0n) is 13.9. The molecule has 1 aromatic heterocycles. The first-order chi connectivity index (χ1) is 12.1. The molecule has 6 heteroatoms. The van der Waals surface area contributed by atoms with Crippen molar-refractivity contribution >= 4 is 5.91 Å². The molecule has 3 rings (SSSR count). The van der Waals surface area contributed by atoms with E-state index < -0.39 is 6.10 Å². The monoisotopic (exact) mass is 336 g/mol. The number of carbonyl (C=O) groups is 1. The number of amides is 1. The molecule has 1 heterocycles. The quantitative estimate of drug-likeness (QED) is 0.643. The topological polar surface area (TPSA) is 90.9 Å².